The first-order chi connectivity index (χ1) is 15.1. The third-order valence-electron chi connectivity index (χ3n) is 5.57. The molecule has 0 unspecified atom stereocenters. The van der Waals surface area contributed by atoms with E-state index in [1.165, 1.54) is 11.9 Å². The molecule has 1 aliphatic rings. The summed E-state index contributed by atoms with van der Waals surface area (Å²) in [5.74, 6) is 1.88. The molecule has 2 N–H and O–H groups in total. The van der Waals surface area contributed by atoms with Crippen molar-refractivity contribution in [3.05, 3.63) is 59.9 Å². The Morgan fingerprint density at radius 3 is 2.77 bits per heavy atom. The van der Waals surface area contributed by atoms with E-state index in [2.05, 4.69) is 43.6 Å². The summed E-state index contributed by atoms with van der Waals surface area (Å²) in [4.78, 5) is 27.3. The zero-order valence-electron chi connectivity index (χ0n) is 18.0. The Kier molecular flexibility index (Phi) is 6.51. The minimum Gasteiger partial charge on any atom is -0.338 e. The van der Waals surface area contributed by atoms with Gasteiger partial charge in [0, 0.05) is 37.2 Å². The van der Waals surface area contributed by atoms with Crippen molar-refractivity contribution in [2.75, 3.05) is 25.0 Å². The van der Waals surface area contributed by atoms with Crippen molar-refractivity contribution < 1.29 is 4.79 Å². The molecule has 3 aromatic heterocycles. The molecule has 0 atom stereocenters. The second kappa shape index (κ2) is 9.65. The van der Waals surface area contributed by atoms with Crippen molar-refractivity contribution >= 4 is 11.8 Å². The lowest BCUT2D eigenvalue weighted by Crippen LogP contribution is -2.33. The summed E-state index contributed by atoms with van der Waals surface area (Å²) in [5.41, 5.74) is 3.30. The van der Waals surface area contributed by atoms with Crippen molar-refractivity contribution in [3.63, 3.8) is 0 Å². The zero-order chi connectivity index (χ0) is 21.6. The molecule has 0 bridgehead atoms. The van der Waals surface area contributed by atoms with Gasteiger partial charge in [0.25, 0.3) is 0 Å². The van der Waals surface area contributed by atoms with E-state index in [0.717, 1.165) is 49.7 Å². The quantitative estimate of drug-likeness (QED) is 0.636. The van der Waals surface area contributed by atoms with Gasteiger partial charge in [-0.25, -0.2) is 24.4 Å². The summed E-state index contributed by atoms with van der Waals surface area (Å²) in [6.45, 7) is 7.26. The predicted octanol–water partition coefficient (Wildman–Crippen LogP) is 2.89. The largest absolute Gasteiger partial charge is 0.338 e. The maximum Gasteiger partial charge on any atom is 0.320 e. The predicted molar refractivity (Wildman–Crippen MR) is 118 cm³/mol. The van der Waals surface area contributed by atoms with E-state index < -0.39 is 0 Å². The third kappa shape index (κ3) is 5.24. The number of likely N-dealkylation sites (tertiary alicyclic amines) is 1. The van der Waals surface area contributed by atoms with E-state index in [1.807, 2.05) is 31.3 Å². The summed E-state index contributed by atoms with van der Waals surface area (Å²) < 4.78 is 1.79. The summed E-state index contributed by atoms with van der Waals surface area (Å²) in [5, 5.41) is 9.70. The lowest BCUT2D eigenvalue weighted by atomic mass is 9.88. The van der Waals surface area contributed by atoms with E-state index >= 15 is 0 Å². The van der Waals surface area contributed by atoms with Crippen LogP contribution < -0.4 is 10.6 Å². The number of anilines is 1. The molecule has 0 radical (unpaired) electrons. The van der Waals surface area contributed by atoms with Crippen molar-refractivity contribution in [2.24, 2.45) is 0 Å². The smallest absolute Gasteiger partial charge is 0.320 e. The Bertz CT molecular complexity index is 1010. The number of rotatable bonds is 6. The topological polar surface area (TPSA) is 101 Å². The van der Waals surface area contributed by atoms with Crippen LogP contribution >= 0.6 is 0 Å². The molecular formula is C22H28N8O. The third-order valence-corrected chi connectivity index (χ3v) is 5.57. The molecule has 9 heteroatoms. The van der Waals surface area contributed by atoms with Gasteiger partial charge in [0.1, 0.15) is 12.1 Å². The van der Waals surface area contributed by atoms with Crippen molar-refractivity contribution in [3.8, 4) is 5.82 Å². The number of nitrogens with zero attached hydrogens (tertiary/aromatic N) is 6. The van der Waals surface area contributed by atoms with Gasteiger partial charge in [-0.1, -0.05) is 6.07 Å². The molecule has 0 aromatic carbocycles. The number of hydrogen-bond donors (Lipinski definition) is 2. The van der Waals surface area contributed by atoms with Crippen LogP contribution in [-0.4, -0.2) is 55.3 Å². The number of carbonyl (C=O) groups excluding carboxylic acids is 1. The Morgan fingerprint density at radius 1 is 1.23 bits per heavy atom. The first-order valence-electron chi connectivity index (χ1n) is 10.7. The highest BCUT2D eigenvalue weighted by atomic mass is 16.2. The Hall–Kier alpha value is -3.33. The van der Waals surface area contributed by atoms with Crippen LogP contribution in [0.1, 0.15) is 42.6 Å². The number of aromatic nitrogens is 5. The van der Waals surface area contributed by atoms with Gasteiger partial charge in [-0.05, 0) is 63.4 Å². The molecule has 3 aromatic rings. The average Bonchev–Trinajstić information content (AvgIpc) is 3.30. The van der Waals surface area contributed by atoms with Gasteiger partial charge in [0.15, 0.2) is 5.82 Å². The fourth-order valence-corrected chi connectivity index (χ4v) is 4.03. The molecule has 0 spiro atoms. The molecule has 31 heavy (non-hydrogen) atoms. The highest BCUT2D eigenvalue weighted by Crippen LogP contribution is 2.30. The second-order valence-electron chi connectivity index (χ2n) is 7.72. The number of amides is 2. The normalized spacial score (nSPS) is 15.0. The molecule has 1 saturated heterocycles. The van der Waals surface area contributed by atoms with Gasteiger partial charge >= 0.3 is 6.03 Å². The minimum absolute atomic E-state index is 0.254. The van der Waals surface area contributed by atoms with Gasteiger partial charge in [-0.15, -0.1) is 0 Å². The molecule has 4 heterocycles. The van der Waals surface area contributed by atoms with Gasteiger partial charge in [-0.3, -0.25) is 10.2 Å². The van der Waals surface area contributed by atoms with E-state index in [9.17, 15) is 4.79 Å². The molecule has 2 amide bonds. The van der Waals surface area contributed by atoms with E-state index in [1.54, 1.807) is 10.9 Å². The number of nitrogens with one attached hydrogen (secondary N) is 2. The van der Waals surface area contributed by atoms with Crippen molar-refractivity contribution in [2.45, 2.75) is 39.2 Å². The van der Waals surface area contributed by atoms with Crippen LogP contribution in [0.2, 0.25) is 0 Å². The van der Waals surface area contributed by atoms with Crippen LogP contribution in [0.5, 0.6) is 0 Å². The highest BCUT2D eigenvalue weighted by molar-refractivity contribution is 5.88. The summed E-state index contributed by atoms with van der Waals surface area (Å²) >= 11 is 0. The molecule has 0 aliphatic carbocycles. The Balaban J connectivity index is 1.33. The molecule has 1 aliphatic heterocycles. The van der Waals surface area contributed by atoms with Gasteiger partial charge in [0.2, 0.25) is 0 Å². The number of pyridine rings is 1. The molecule has 1 fully saturated rings. The summed E-state index contributed by atoms with van der Waals surface area (Å²) in [6.07, 6.45) is 7.33. The number of urea groups is 1. The molecule has 9 nitrogen and oxygen atoms in total. The van der Waals surface area contributed by atoms with Crippen LogP contribution in [0, 0.1) is 6.92 Å². The fourth-order valence-electron chi connectivity index (χ4n) is 4.03. The van der Waals surface area contributed by atoms with Crippen LogP contribution in [0.3, 0.4) is 0 Å². The van der Waals surface area contributed by atoms with Crippen molar-refractivity contribution in [1.29, 1.82) is 0 Å². The Morgan fingerprint density at radius 2 is 2.06 bits per heavy atom. The highest BCUT2D eigenvalue weighted by Gasteiger charge is 2.23. The number of hydrogen-bond acceptors (Lipinski definition) is 6. The van der Waals surface area contributed by atoms with Gasteiger partial charge < -0.3 is 5.32 Å². The van der Waals surface area contributed by atoms with Crippen LogP contribution in [0.15, 0.2) is 43.0 Å². The molecular weight excluding hydrogens is 392 g/mol. The lowest BCUT2D eigenvalue weighted by Gasteiger charge is -2.32. The second-order valence-corrected chi connectivity index (χ2v) is 7.72. The lowest BCUT2D eigenvalue weighted by molar-refractivity contribution is 0.202. The number of carbonyl (C=O) groups is 1. The SMILES string of the molecule is CCNC(=O)Nc1cc(CN2CCC(c3ccc(-n4cccn4)nc3C)CC2)ncn1. The fraction of sp³-hybridized carbons (Fsp3) is 0.409. The summed E-state index contributed by atoms with van der Waals surface area (Å²) in [7, 11) is 0. The van der Waals surface area contributed by atoms with Crippen LogP contribution in [-0.2, 0) is 6.54 Å². The molecule has 0 saturated carbocycles. The van der Waals surface area contributed by atoms with Gasteiger partial charge in [0.05, 0.1) is 5.69 Å². The van der Waals surface area contributed by atoms with E-state index in [0.29, 0.717) is 18.3 Å². The first kappa shape index (κ1) is 20.9. The molecule has 162 valence electrons. The number of piperidine rings is 1. The average molecular weight is 421 g/mol. The van der Waals surface area contributed by atoms with Gasteiger partial charge in [-0.2, -0.15) is 5.10 Å². The maximum absolute atomic E-state index is 11.7. The summed E-state index contributed by atoms with van der Waals surface area (Å²) in [6, 6.07) is 7.73. The van der Waals surface area contributed by atoms with Crippen LogP contribution in [0.25, 0.3) is 5.82 Å². The molecule has 4 rings (SSSR count). The maximum atomic E-state index is 11.7. The Labute approximate surface area is 181 Å². The minimum atomic E-state index is -0.254. The first-order valence-corrected chi connectivity index (χ1v) is 10.7. The van der Waals surface area contributed by atoms with Crippen molar-refractivity contribution in [1.82, 2.24) is 34.9 Å². The van der Waals surface area contributed by atoms with E-state index in [-0.39, 0.29) is 6.03 Å². The van der Waals surface area contributed by atoms with Crippen LogP contribution in [0.4, 0.5) is 10.6 Å². The van der Waals surface area contributed by atoms with E-state index in [4.69, 9.17) is 4.98 Å². The number of aryl methyl sites for hydroxylation is 1. The monoisotopic (exact) mass is 420 g/mol. The standard InChI is InChI=1S/C22H28N8O/c1-3-23-22(31)28-20-13-18(24-15-25-20)14-29-11-7-17(8-12-29)19-5-6-21(27-16(19)2)30-10-4-9-26-30/h4-6,9-10,13,15,17H,3,7-8,11-12,14H2,1-2H3,(H2,23,24,25,28,31). The zero-order valence-corrected chi connectivity index (χ0v) is 18.0.